The molecule has 2 aromatic rings. The molecule has 4 heteroatoms. The summed E-state index contributed by atoms with van der Waals surface area (Å²) in [5, 5.41) is 0.500. The zero-order valence-corrected chi connectivity index (χ0v) is 10.4. The topological polar surface area (TPSA) is 16.1 Å². The molecule has 2 nitrogen and oxygen atoms in total. The monoisotopic (exact) mass is 250 g/mol. The van der Waals surface area contributed by atoms with Crippen LogP contribution in [0, 0.1) is 5.82 Å². The van der Waals surface area contributed by atoms with Crippen LogP contribution in [-0.2, 0) is 0 Å². The number of nitrogens with zero attached hydrogens (tertiary/aromatic N) is 2. The van der Waals surface area contributed by atoms with Gasteiger partial charge in [0.2, 0.25) is 0 Å². The van der Waals surface area contributed by atoms with Crippen molar-refractivity contribution in [2.45, 2.75) is 0 Å². The minimum Gasteiger partial charge on any atom is -0.376 e. The minimum atomic E-state index is -0.320. The average Bonchev–Trinajstić information content (AvgIpc) is 2.32. The number of pyridine rings is 1. The van der Waals surface area contributed by atoms with Gasteiger partial charge >= 0.3 is 0 Å². The zero-order chi connectivity index (χ0) is 12.4. The first-order valence-electron chi connectivity index (χ1n) is 5.17. The molecule has 1 heterocycles. The normalized spacial score (nSPS) is 10.4. The van der Waals surface area contributed by atoms with Gasteiger partial charge in [0.25, 0.3) is 0 Å². The predicted molar refractivity (Wildman–Crippen MR) is 69.0 cm³/mol. The van der Waals surface area contributed by atoms with Crippen molar-refractivity contribution in [3.05, 3.63) is 47.4 Å². The van der Waals surface area contributed by atoms with Crippen molar-refractivity contribution >= 4 is 17.3 Å². The van der Waals surface area contributed by atoms with Crippen LogP contribution in [-0.4, -0.2) is 19.1 Å². The predicted octanol–water partition coefficient (Wildman–Crippen LogP) is 3.61. The Morgan fingerprint density at radius 3 is 2.53 bits per heavy atom. The van der Waals surface area contributed by atoms with E-state index in [2.05, 4.69) is 4.98 Å². The molecule has 0 bridgehead atoms. The van der Waals surface area contributed by atoms with Crippen LogP contribution in [0.4, 0.5) is 10.1 Å². The highest BCUT2D eigenvalue weighted by Gasteiger charge is 2.07. The van der Waals surface area contributed by atoms with Crippen molar-refractivity contribution in [2.75, 3.05) is 19.0 Å². The molecule has 0 N–H and O–H groups in total. The fraction of sp³-hybridized carbons (Fsp3) is 0.154. The highest BCUT2D eigenvalue weighted by molar-refractivity contribution is 6.30. The number of benzene rings is 1. The highest BCUT2D eigenvalue weighted by Crippen LogP contribution is 2.25. The largest absolute Gasteiger partial charge is 0.376 e. The Bertz CT molecular complexity index is 523. The number of aromatic nitrogens is 1. The molecule has 0 amide bonds. The van der Waals surface area contributed by atoms with E-state index in [1.165, 1.54) is 12.1 Å². The molecule has 0 spiro atoms. The van der Waals surface area contributed by atoms with Gasteiger partial charge in [-0.25, -0.2) is 4.39 Å². The van der Waals surface area contributed by atoms with E-state index in [9.17, 15) is 4.39 Å². The third kappa shape index (κ3) is 2.56. The summed E-state index contributed by atoms with van der Waals surface area (Å²) in [7, 11) is 3.85. The molecule has 1 aromatic heterocycles. The Labute approximate surface area is 105 Å². The molecule has 0 saturated heterocycles. The van der Waals surface area contributed by atoms with Crippen molar-refractivity contribution in [3.8, 4) is 11.3 Å². The number of hydrogen-bond donors (Lipinski definition) is 0. The van der Waals surface area contributed by atoms with Crippen molar-refractivity contribution < 1.29 is 4.39 Å². The van der Waals surface area contributed by atoms with Crippen LogP contribution >= 0.6 is 11.6 Å². The summed E-state index contributed by atoms with van der Waals surface area (Å²) in [5.41, 5.74) is 1.97. The summed E-state index contributed by atoms with van der Waals surface area (Å²) in [6, 6.07) is 8.12. The van der Waals surface area contributed by atoms with Crippen LogP contribution in [0.25, 0.3) is 11.3 Å². The smallest absolute Gasteiger partial charge is 0.132 e. The second kappa shape index (κ2) is 4.72. The van der Waals surface area contributed by atoms with Gasteiger partial charge in [-0.3, -0.25) is 4.98 Å². The molecule has 0 fully saturated rings. The third-order valence-electron chi connectivity index (χ3n) is 2.47. The maximum absolute atomic E-state index is 13.6. The van der Waals surface area contributed by atoms with Gasteiger partial charge in [0.1, 0.15) is 5.82 Å². The first-order valence-corrected chi connectivity index (χ1v) is 5.54. The summed E-state index contributed by atoms with van der Waals surface area (Å²) < 4.78 is 13.6. The van der Waals surface area contributed by atoms with E-state index in [0.717, 1.165) is 5.69 Å². The lowest BCUT2D eigenvalue weighted by Gasteiger charge is -2.12. The number of hydrogen-bond acceptors (Lipinski definition) is 2. The van der Waals surface area contributed by atoms with Crippen LogP contribution in [0.1, 0.15) is 0 Å². The van der Waals surface area contributed by atoms with E-state index in [-0.39, 0.29) is 5.82 Å². The lowest BCUT2D eigenvalue weighted by Crippen LogP contribution is -2.08. The van der Waals surface area contributed by atoms with E-state index >= 15 is 0 Å². The molecule has 0 radical (unpaired) electrons. The van der Waals surface area contributed by atoms with Crippen LogP contribution in [0.15, 0.2) is 36.5 Å². The van der Waals surface area contributed by atoms with E-state index in [4.69, 9.17) is 11.6 Å². The van der Waals surface area contributed by atoms with Crippen LogP contribution < -0.4 is 4.90 Å². The Morgan fingerprint density at radius 2 is 1.94 bits per heavy atom. The van der Waals surface area contributed by atoms with Gasteiger partial charge in [-0.1, -0.05) is 11.6 Å². The van der Waals surface area contributed by atoms with Crippen molar-refractivity contribution in [1.82, 2.24) is 4.98 Å². The van der Waals surface area contributed by atoms with Gasteiger partial charge in [0, 0.05) is 24.7 Å². The summed E-state index contributed by atoms with van der Waals surface area (Å²) in [6.07, 6.45) is 1.70. The number of anilines is 1. The number of halogens is 2. The average molecular weight is 251 g/mol. The first kappa shape index (κ1) is 11.9. The molecule has 0 aliphatic rings. The lowest BCUT2D eigenvalue weighted by molar-refractivity contribution is 0.631. The summed E-state index contributed by atoms with van der Waals surface area (Å²) >= 11 is 5.85. The summed E-state index contributed by atoms with van der Waals surface area (Å²) in [5.74, 6) is -0.320. The second-order valence-electron chi connectivity index (χ2n) is 3.92. The molecular formula is C13H12ClFN2. The fourth-order valence-corrected chi connectivity index (χ4v) is 1.68. The maximum Gasteiger partial charge on any atom is 0.132 e. The zero-order valence-electron chi connectivity index (χ0n) is 9.61. The van der Waals surface area contributed by atoms with Crippen molar-refractivity contribution in [2.24, 2.45) is 0 Å². The van der Waals surface area contributed by atoms with Gasteiger partial charge in [-0.15, -0.1) is 0 Å². The van der Waals surface area contributed by atoms with Gasteiger partial charge in [-0.2, -0.15) is 0 Å². The highest BCUT2D eigenvalue weighted by atomic mass is 35.5. The molecule has 0 unspecified atom stereocenters. The molecule has 2 rings (SSSR count). The minimum absolute atomic E-state index is 0.320. The van der Waals surface area contributed by atoms with Gasteiger partial charge in [0.15, 0.2) is 0 Å². The second-order valence-corrected chi connectivity index (χ2v) is 4.36. The molecular weight excluding hydrogens is 239 g/mol. The van der Waals surface area contributed by atoms with E-state index in [1.54, 1.807) is 18.3 Å². The summed E-state index contributed by atoms with van der Waals surface area (Å²) in [6.45, 7) is 0. The molecule has 17 heavy (non-hydrogen) atoms. The molecule has 0 aliphatic carbocycles. The van der Waals surface area contributed by atoms with E-state index in [1.807, 2.05) is 25.1 Å². The van der Waals surface area contributed by atoms with Crippen molar-refractivity contribution in [3.63, 3.8) is 0 Å². The van der Waals surface area contributed by atoms with Gasteiger partial charge in [-0.05, 0) is 30.3 Å². The first-order chi connectivity index (χ1) is 8.08. The Kier molecular flexibility index (Phi) is 3.29. The van der Waals surface area contributed by atoms with Crippen molar-refractivity contribution in [1.29, 1.82) is 0 Å². The Hall–Kier alpha value is -1.61. The third-order valence-corrected chi connectivity index (χ3v) is 2.70. The van der Waals surface area contributed by atoms with Gasteiger partial charge < -0.3 is 4.90 Å². The Balaban J connectivity index is 2.43. The van der Waals surface area contributed by atoms with E-state index < -0.39 is 0 Å². The molecule has 88 valence electrons. The van der Waals surface area contributed by atoms with Gasteiger partial charge in [0.05, 0.1) is 17.6 Å². The maximum atomic E-state index is 13.6. The Morgan fingerprint density at radius 1 is 1.18 bits per heavy atom. The van der Waals surface area contributed by atoms with Crippen LogP contribution in [0.2, 0.25) is 5.02 Å². The SMILES string of the molecule is CN(C)c1ccc(-c2cc(Cl)ccc2F)nc1. The lowest BCUT2D eigenvalue weighted by atomic mass is 10.1. The van der Waals surface area contributed by atoms with Crippen LogP contribution in [0.3, 0.4) is 0 Å². The molecule has 0 atom stereocenters. The summed E-state index contributed by atoms with van der Waals surface area (Å²) in [4.78, 5) is 6.17. The van der Waals surface area contributed by atoms with Crippen LogP contribution in [0.5, 0.6) is 0 Å². The molecule has 0 saturated carbocycles. The quantitative estimate of drug-likeness (QED) is 0.810. The molecule has 1 aromatic carbocycles. The van der Waals surface area contributed by atoms with E-state index in [0.29, 0.717) is 16.3 Å². The fourth-order valence-electron chi connectivity index (χ4n) is 1.50. The molecule has 0 aliphatic heterocycles. The standard InChI is InChI=1S/C13H12ClFN2/c1-17(2)10-4-6-13(16-8-10)11-7-9(14)3-5-12(11)15/h3-8H,1-2H3. The number of rotatable bonds is 2.